The van der Waals surface area contributed by atoms with E-state index in [0.29, 0.717) is 5.92 Å². The number of carbonyl (C=O) groups excluding carboxylic acids is 1. The summed E-state index contributed by atoms with van der Waals surface area (Å²) in [5.41, 5.74) is 0. The Bertz CT molecular complexity index is 720. The van der Waals surface area contributed by atoms with Crippen molar-refractivity contribution in [2.75, 3.05) is 6.54 Å². The SMILES string of the molecule is CC(NC(=O)CCNS(=O)(=O)c1ccc(F)cc1)C1CC2CCC1C2. The van der Waals surface area contributed by atoms with Crippen LogP contribution < -0.4 is 10.0 Å². The maximum Gasteiger partial charge on any atom is 0.240 e. The summed E-state index contributed by atoms with van der Waals surface area (Å²) in [6.07, 6.45) is 5.18. The molecule has 7 heteroatoms. The molecule has 25 heavy (non-hydrogen) atoms. The molecule has 0 radical (unpaired) electrons. The Balaban J connectivity index is 1.43. The summed E-state index contributed by atoms with van der Waals surface area (Å²) in [6, 6.07) is 4.73. The molecule has 2 bridgehead atoms. The van der Waals surface area contributed by atoms with Crippen molar-refractivity contribution in [2.45, 2.75) is 50.0 Å². The Kier molecular flexibility index (Phi) is 5.43. The van der Waals surface area contributed by atoms with E-state index in [9.17, 15) is 17.6 Å². The van der Waals surface area contributed by atoms with Gasteiger partial charge < -0.3 is 5.32 Å². The van der Waals surface area contributed by atoms with Gasteiger partial charge >= 0.3 is 0 Å². The molecule has 2 aliphatic rings. The molecule has 4 unspecified atom stereocenters. The molecular formula is C18H25FN2O3S. The van der Waals surface area contributed by atoms with Crippen molar-refractivity contribution in [3.8, 4) is 0 Å². The van der Waals surface area contributed by atoms with Crippen LogP contribution in [0.15, 0.2) is 29.2 Å². The Morgan fingerprint density at radius 2 is 1.96 bits per heavy atom. The molecule has 4 atom stereocenters. The standard InChI is InChI=1S/C18H25FN2O3S/c1-12(17-11-13-2-3-14(17)10-13)21-18(22)8-9-20-25(23,24)16-6-4-15(19)5-7-16/h4-7,12-14,17,20H,2-3,8-11H2,1H3,(H,21,22). The molecule has 5 nitrogen and oxygen atoms in total. The van der Waals surface area contributed by atoms with E-state index in [1.165, 1.54) is 37.8 Å². The van der Waals surface area contributed by atoms with Gasteiger partial charge in [0.15, 0.2) is 0 Å². The van der Waals surface area contributed by atoms with Crippen molar-refractivity contribution in [2.24, 2.45) is 17.8 Å². The fraction of sp³-hybridized carbons (Fsp3) is 0.611. The first-order chi connectivity index (χ1) is 11.8. The number of amides is 1. The second kappa shape index (κ2) is 7.41. The summed E-state index contributed by atoms with van der Waals surface area (Å²) in [7, 11) is -3.72. The Morgan fingerprint density at radius 1 is 1.24 bits per heavy atom. The molecule has 0 spiro atoms. The number of rotatable bonds is 7. The molecule has 1 aromatic rings. The highest BCUT2D eigenvalue weighted by Gasteiger charge is 2.42. The summed E-state index contributed by atoms with van der Waals surface area (Å²) in [4.78, 5) is 12.1. The van der Waals surface area contributed by atoms with Crippen LogP contribution in [0.2, 0.25) is 0 Å². The smallest absolute Gasteiger partial charge is 0.240 e. The molecule has 0 heterocycles. The van der Waals surface area contributed by atoms with Crippen LogP contribution >= 0.6 is 0 Å². The van der Waals surface area contributed by atoms with Crippen LogP contribution in [0.3, 0.4) is 0 Å². The summed E-state index contributed by atoms with van der Waals surface area (Å²) < 4.78 is 39.4. The van der Waals surface area contributed by atoms with E-state index in [2.05, 4.69) is 10.0 Å². The van der Waals surface area contributed by atoms with Crippen molar-refractivity contribution in [3.63, 3.8) is 0 Å². The van der Waals surface area contributed by atoms with Crippen LogP contribution in [-0.2, 0) is 14.8 Å². The van der Waals surface area contributed by atoms with Gasteiger partial charge in [-0.1, -0.05) is 6.42 Å². The third-order valence-electron chi connectivity index (χ3n) is 5.59. The molecule has 0 aromatic heterocycles. The first-order valence-electron chi connectivity index (χ1n) is 8.90. The predicted molar refractivity (Wildman–Crippen MR) is 92.7 cm³/mol. The maximum atomic E-state index is 12.9. The van der Waals surface area contributed by atoms with Crippen LogP contribution in [0.4, 0.5) is 4.39 Å². The highest BCUT2D eigenvalue weighted by molar-refractivity contribution is 7.89. The average Bonchev–Trinajstić information content (AvgIpc) is 3.18. The molecule has 2 N–H and O–H groups in total. The minimum absolute atomic E-state index is 0.00958. The first kappa shape index (κ1) is 18.3. The highest BCUT2D eigenvalue weighted by Crippen LogP contribution is 2.49. The molecule has 0 saturated heterocycles. The number of fused-ring (bicyclic) bond motifs is 2. The Hall–Kier alpha value is -1.47. The fourth-order valence-corrected chi connectivity index (χ4v) is 5.37. The lowest BCUT2D eigenvalue weighted by atomic mass is 9.84. The van der Waals surface area contributed by atoms with Gasteiger partial charge in [-0.05, 0) is 68.2 Å². The largest absolute Gasteiger partial charge is 0.353 e. The van der Waals surface area contributed by atoms with Crippen LogP contribution in [0, 0.1) is 23.6 Å². The van der Waals surface area contributed by atoms with Gasteiger partial charge in [0.1, 0.15) is 5.82 Å². The van der Waals surface area contributed by atoms with Crippen LogP contribution in [0.5, 0.6) is 0 Å². The second-order valence-electron chi connectivity index (χ2n) is 7.30. The van der Waals surface area contributed by atoms with Gasteiger partial charge in [-0.3, -0.25) is 4.79 Å². The normalized spacial score (nSPS) is 26.6. The maximum absolute atomic E-state index is 12.9. The minimum Gasteiger partial charge on any atom is -0.353 e. The number of nitrogens with one attached hydrogen (secondary N) is 2. The zero-order valence-corrected chi connectivity index (χ0v) is 15.2. The Labute approximate surface area is 148 Å². The number of carbonyl (C=O) groups is 1. The number of sulfonamides is 1. The monoisotopic (exact) mass is 368 g/mol. The number of hydrogen-bond acceptors (Lipinski definition) is 3. The van der Waals surface area contributed by atoms with E-state index < -0.39 is 15.8 Å². The van der Waals surface area contributed by atoms with E-state index in [-0.39, 0.29) is 29.8 Å². The molecule has 3 rings (SSSR count). The third kappa shape index (κ3) is 4.39. The van der Waals surface area contributed by atoms with E-state index in [0.717, 1.165) is 24.0 Å². The van der Waals surface area contributed by atoms with Crippen molar-refractivity contribution < 1.29 is 17.6 Å². The van der Waals surface area contributed by atoms with Gasteiger partial charge in [0.25, 0.3) is 0 Å². The predicted octanol–water partition coefficient (Wildman–Crippen LogP) is 2.44. The van der Waals surface area contributed by atoms with Crippen molar-refractivity contribution in [3.05, 3.63) is 30.1 Å². The summed E-state index contributed by atoms with van der Waals surface area (Å²) in [5, 5.41) is 3.02. The van der Waals surface area contributed by atoms with Gasteiger partial charge in [-0.25, -0.2) is 17.5 Å². The molecule has 138 valence electrons. The molecule has 2 saturated carbocycles. The van der Waals surface area contributed by atoms with Crippen LogP contribution in [0.1, 0.15) is 39.0 Å². The van der Waals surface area contributed by atoms with E-state index in [1.807, 2.05) is 6.92 Å². The summed E-state index contributed by atoms with van der Waals surface area (Å²) in [6.45, 7) is 2.07. The zero-order chi connectivity index (χ0) is 18.0. The van der Waals surface area contributed by atoms with Gasteiger partial charge in [0, 0.05) is 19.0 Å². The minimum atomic E-state index is -3.72. The van der Waals surface area contributed by atoms with Crippen molar-refractivity contribution in [1.29, 1.82) is 0 Å². The van der Waals surface area contributed by atoms with Gasteiger partial charge in [0.2, 0.25) is 15.9 Å². The van der Waals surface area contributed by atoms with E-state index >= 15 is 0 Å². The lowest BCUT2D eigenvalue weighted by Crippen LogP contribution is -2.41. The van der Waals surface area contributed by atoms with Crippen LogP contribution in [0.25, 0.3) is 0 Å². The molecule has 2 aliphatic carbocycles. The average molecular weight is 368 g/mol. The summed E-state index contributed by atoms with van der Waals surface area (Å²) >= 11 is 0. The zero-order valence-electron chi connectivity index (χ0n) is 14.4. The number of halogens is 1. The topological polar surface area (TPSA) is 75.3 Å². The Morgan fingerprint density at radius 3 is 2.56 bits per heavy atom. The van der Waals surface area contributed by atoms with Gasteiger partial charge in [0.05, 0.1) is 4.90 Å². The third-order valence-corrected chi connectivity index (χ3v) is 7.07. The summed E-state index contributed by atoms with van der Waals surface area (Å²) in [5.74, 6) is 1.48. The lowest BCUT2D eigenvalue weighted by Gasteiger charge is -2.28. The fourth-order valence-electron chi connectivity index (χ4n) is 4.34. The molecular weight excluding hydrogens is 343 g/mol. The highest BCUT2D eigenvalue weighted by atomic mass is 32.2. The van der Waals surface area contributed by atoms with Crippen molar-refractivity contribution in [1.82, 2.24) is 10.0 Å². The number of hydrogen-bond donors (Lipinski definition) is 2. The quantitative estimate of drug-likeness (QED) is 0.776. The van der Waals surface area contributed by atoms with Gasteiger partial charge in [-0.2, -0.15) is 0 Å². The van der Waals surface area contributed by atoms with E-state index in [1.54, 1.807) is 0 Å². The number of benzene rings is 1. The lowest BCUT2D eigenvalue weighted by molar-refractivity contribution is -0.122. The van der Waals surface area contributed by atoms with Crippen molar-refractivity contribution >= 4 is 15.9 Å². The first-order valence-corrected chi connectivity index (χ1v) is 10.4. The van der Waals surface area contributed by atoms with Gasteiger partial charge in [-0.15, -0.1) is 0 Å². The van der Waals surface area contributed by atoms with E-state index in [4.69, 9.17) is 0 Å². The second-order valence-corrected chi connectivity index (χ2v) is 9.06. The molecule has 1 amide bonds. The molecule has 0 aliphatic heterocycles. The molecule has 1 aromatic carbocycles. The van der Waals surface area contributed by atoms with Crippen LogP contribution in [-0.4, -0.2) is 26.9 Å². The molecule has 2 fully saturated rings.